The fourth-order valence-corrected chi connectivity index (χ4v) is 4.74. The molecule has 26 heavy (non-hydrogen) atoms. The van der Waals surface area contributed by atoms with Gasteiger partial charge in [-0.05, 0) is 36.2 Å². The van der Waals surface area contributed by atoms with Crippen LogP contribution >= 0.6 is 0 Å². The second kappa shape index (κ2) is 8.20. The molecule has 140 valence electrons. The van der Waals surface area contributed by atoms with Gasteiger partial charge in [0.15, 0.2) is 0 Å². The van der Waals surface area contributed by atoms with Gasteiger partial charge in [-0.2, -0.15) is 4.31 Å². The number of hydrogen-bond donors (Lipinski definition) is 1. The van der Waals surface area contributed by atoms with Gasteiger partial charge < -0.3 is 9.64 Å². The minimum atomic E-state index is -3.43. The topological polar surface area (TPSA) is 51.0 Å². The highest BCUT2D eigenvalue weighted by Crippen LogP contribution is 2.19. The van der Waals surface area contributed by atoms with E-state index in [-0.39, 0.29) is 0 Å². The maximum absolute atomic E-state index is 12.8. The van der Waals surface area contributed by atoms with Crippen molar-refractivity contribution >= 4 is 10.0 Å². The van der Waals surface area contributed by atoms with Crippen molar-refractivity contribution in [3.8, 4) is 5.75 Å². The molecule has 3 rings (SSSR count). The monoisotopic (exact) mass is 375 g/mol. The van der Waals surface area contributed by atoms with Crippen LogP contribution in [0.5, 0.6) is 5.75 Å². The zero-order valence-corrected chi connectivity index (χ0v) is 16.3. The zero-order valence-electron chi connectivity index (χ0n) is 15.4. The average Bonchev–Trinajstić information content (AvgIpc) is 2.69. The number of nitrogens with one attached hydrogen (secondary N) is 1. The first-order valence-electron chi connectivity index (χ1n) is 9.08. The van der Waals surface area contributed by atoms with Gasteiger partial charge in [-0.3, -0.25) is 0 Å². The largest absolute Gasteiger partial charge is 0.497 e. The van der Waals surface area contributed by atoms with Crippen molar-refractivity contribution in [2.75, 3.05) is 33.3 Å². The van der Waals surface area contributed by atoms with Crippen molar-refractivity contribution < 1.29 is 18.1 Å². The first kappa shape index (κ1) is 18.9. The van der Waals surface area contributed by atoms with Crippen molar-refractivity contribution in [1.82, 2.24) is 4.31 Å². The summed E-state index contributed by atoms with van der Waals surface area (Å²) in [5.41, 5.74) is 2.66. The molecule has 1 heterocycles. The molecule has 1 aliphatic heterocycles. The molecular weight excluding hydrogens is 348 g/mol. The van der Waals surface area contributed by atoms with Crippen LogP contribution in [0.15, 0.2) is 53.4 Å². The molecule has 1 saturated heterocycles. The summed E-state index contributed by atoms with van der Waals surface area (Å²) in [7, 11) is -1.86. The summed E-state index contributed by atoms with van der Waals surface area (Å²) in [6.45, 7) is 5.85. The predicted molar refractivity (Wildman–Crippen MR) is 102 cm³/mol. The van der Waals surface area contributed by atoms with Gasteiger partial charge in [0, 0.05) is 5.56 Å². The maximum Gasteiger partial charge on any atom is 0.243 e. The summed E-state index contributed by atoms with van der Waals surface area (Å²) < 4.78 is 32.3. The van der Waals surface area contributed by atoms with Crippen molar-refractivity contribution in [3.63, 3.8) is 0 Å². The van der Waals surface area contributed by atoms with Crippen molar-refractivity contribution in [3.05, 3.63) is 59.7 Å². The fraction of sp³-hybridized carbons (Fsp3) is 0.400. The number of ether oxygens (including phenoxy) is 1. The van der Waals surface area contributed by atoms with Gasteiger partial charge in [-0.25, -0.2) is 8.42 Å². The normalized spacial score (nSPS) is 16.5. The molecule has 1 N–H and O–H groups in total. The second-order valence-corrected chi connectivity index (χ2v) is 8.61. The van der Waals surface area contributed by atoms with E-state index in [1.165, 1.54) is 16.0 Å². The van der Waals surface area contributed by atoms with E-state index in [9.17, 15) is 8.42 Å². The molecule has 0 amide bonds. The van der Waals surface area contributed by atoms with Gasteiger partial charge in [-0.1, -0.05) is 31.2 Å². The van der Waals surface area contributed by atoms with Crippen LogP contribution in [0.2, 0.25) is 0 Å². The Morgan fingerprint density at radius 1 is 0.962 bits per heavy atom. The minimum Gasteiger partial charge on any atom is -0.497 e. The zero-order chi connectivity index (χ0) is 18.6. The van der Waals surface area contributed by atoms with E-state index in [2.05, 4.69) is 31.2 Å². The molecule has 0 saturated carbocycles. The molecular formula is C20H27N2O3S+. The number of nitrogens with zero attached hydrogens (tertiary/aromatic N) is 1. The third-order valence-corrected chi connectivity index (χ3v) is 6.92. The Bertz CT molecular complexity index is 809. The summed E-state index contributed by atoms with van der Waals surface area (Å²) in [5, 5.41) is 0. The van der Waals surface area contributed by atoms with E-state index < -0.39 is 10.0 Å². The Balaban J connectivity index is 1.59. The quantitative estimate of drug-likeness (QED) is 0.829. The summed E-state index contributed by atoms with van der Waals surface area (Å²) in [5.74, 6) is 0.660. The average molecular weight is 376 g/mol. The number of aryl methyl sites for hydroxylation is 1. The van der Waals surface area contributed by atoms with Crippen LogP contribution < -0.4 is 9.64 Å². The summed E-state index contributed by atoms with van der Waals surface area (Å²) in [4.78, 5) is 1.76. The molecule has 0 unspecified atom stereocenters. The Morgan fingerprint density at radius 3 is 2.08 bits per heavy atom. The minimum absolute atomic E-state index is 0.330. The maximum atomic E-state index is 12.8. The van der Waals surface area contributed by atoms with E-state index >= 15 is 0 Å². The lowest BCUT2D eigenvalue weighted by Gasteiger charge is -2.31. The van der Waals surface area contributed by atoms with E-state index in [1.807, 2.05) is 0 Å². The molecule has 0 aromatic heterocycles. The molecule has 0 bridgehead atoms. The Hall–Kier alpha value is -1.89. The van der Waals surface area contributed by atoms with Crippen molar-refractivity contribution in [2.24, 2.45) is 0 Å². The molecule has 2 aromatic carbocycles. The molecule has 1 fully saturated rings. The molecule has 0 spiro atoms. The number of benzene rings is 2. The smallest absolute Gasteiger partial charge is 0.243 e. The summed E-state index contributed by atoms with van der Waals surface area (Å²) in [6.07, 6.45) is 1.05. The van der Waals surface area contributed by atoms with Crippen LogP contribution in [0.4, 0.5) is 0 Å². The van der Waals surface area contributed by atoms with Crippen LogP contribution in [-0.2, 0) is 23.0 Å². The molecule has 0 radical (unpaired) electrons. The number of rotatable bonds is 6. The Labute approximate surface area is 156 Å². The third kappa shape index (κ3) is 4.26. The highest BCUT2D eigenvalue weighted by Gasteiger charge is 2.30. The lowest BCUT2D eigenvalue weighted by Crippen LogP contribution is -3.13. The van der Waals surface area contributed by atoms with Crippen molar-refractivity contribution in [2.45, 2.75) is 24.8 Å². The molecule has 6 heteroatoms. The lowest BCUT2D eigenvalue weighted by atomic mass is 10.1. The van der Waals surface area contributed by atoms with Gasteiger partial charge in [-0.15, -0.1) is 0 Å². The van der Waals surface area contributed by atoms with Crippen molar-refractivity contribution in [1.29, 1.82) is 0 Å². The highest BCUT2D eigenvalue weighted by molar-refractivity contribution is 7.89. The Morgan fingerprint density at radius 2 is 1.54 bits per heavy atom. The van der Waals surface area contributed by atoms with Crippen LogP contribution in [0, 0.1) is 0 Å². The van der Waals surface area contributed by atoms with Gasteiger partial charge in [0.05, 0.1) is 38.2 Å². The number of piperazine rings is 1. The highest BCUT2D eigenvalue weighted by atomic mass is 32.2. The van der Waals surface area contributed by atoms with E-state index in [4.69, 9.17) is 4.74 Å². The van der Waals surface area contributed by atoms with Crippen LogP contribution in [0.1, 0.15) is 18.1 Å². The van der Waals surface area contributed by atoms with E-state index in [0.717, 1.165) is 26.1 Å². The number of sulfonamides is 1. The fourth-order valence-electron chi connectivity index (χ4n) is 3.30. The van der Waals surface area contributed by atoms with Gasteiger partial charge >= 0.3 is 0 Å². The van der Waals surface area contributed by atoms with Crippen LogP contribution in [-0.4, -0.2) is 46.0 Å². The first-order valence-corrected chi connectivity index (χ1v) is 10.5. The van der Waals surface area contributed by atoms with Gasteiger partial charge in [0.2, 0.25) is 10.0 Å². The van der Waals surface area contributed by atoms with Gasteiger partial charge in [0.25, 0.3) is 0 Å². The number of methoxy groups -OCH3 is 1. The molecule has 0 atom stereocenters. The lowest BCUT2D eigenvalue weighted by molar-refractivity contribution is -0.917. The van der Waals surface area contributed by atoms with E-state index in [1.54, 1.807) is 35.7 Å². The number of quaternary nitrogens is 1. The summed E-state index contributed by atoms with van der Waals surface area (Å²) in [6, 6.07) is 15.3. The molecule has 5 nitrogen and oxygen atoms in total. The second-order valence-electron chi connectivity index (χ2n) is 6.68. The Kier molecular flexibility index (Phi) is 5.96. The standard InChI is InChI=1S/C20H26N2O3S/c1-3-17-4-6-18(7-5-17)16-21-12-14-22(15-13-21)26(23,24)20-10-8-19(25-2)9-11-20/h4-11H,3,12-16H2,1-2H3/p+1. The van der Waals surface area contributed by atoms with Crippen LogP contribution in [0.3, 0.4) is 0 Å². The van der Waals surface area contributed by atoms with Gasteiger partial charge in [0.1, 0.15) is 12.3 Å². The first-order chi connectivity index (χ1) is 12.5. The third-order valence-electron chi connectivity index (χ3n) is 5.01. The van der Waals surface area contributed by atoms with E-state index in [0.29, 0.717) is 23.7 Å². The van der Waals surface area contributed by atoms with Crippen LogP contribution in [0.25, 0.3) is 0 Å². The SMILES string of the molecule is CCc1ccc(C[NH+]2CCN(S(=O)(=O)c3ccc(OC)cc3)CC2)cc1. The summed E-state index contributed by atoms with van der Waals surface area (Å²) >= 11 is 0. The molecule has 2 aromatic rings. The predicted octanol–water partition coefficient (Wildman–Crippen LogP) is 1.35. The number of hydrogen-bond acceptors (Lipinski definition) is 3. The molecule has 1 aliphatic rings. The molecule has 0 aliphatic carbocycles.